The molecule has 1 heterocycles. The van der Waals surface area contributed by atoms with Crippen molar-refractivity contribution in [1.82, 2.24) is 10.2 Å². The number of nitrogens with zero attached hydrogens (tertiary/aromatic N) is 1. The van der Waals surface area contributed by atoms with Crippen LogP contribution in [0.3, 0.4) is 0 Å². The maximum Gasteiger partial charge on any atom is 0.0771 e. The molecule has 0 spiro atoms. The number of rotatable bonds is 5. The Morgan fingerprint density at radius 2 is 1.67 bits per heavy atom. The van der Waals surface area contributed by atoms with E-state index < -0.39 is 5.60 Å². The van der Waals surface area contributed by atoms with Gasteiger partial charge in [0.05, 0.1) is 5.60 Å². The molecule has 1 saturated heterocycles. The van der Waals surface area contributed by atoms with E-state index in [1.807, 2.05) is 0 Å². The molecule has 1 aliphatic carbocycles. The number of nitrogens with one attached hydrogen (secondary N) is 1. The second kappa shape index (κ2) is 6.88. The lowest BCUT2D eigenvalue weighted by molar-refractivity contribution is 0.00357. The average molecular weight is 254 g/mol. The Morgan fingerprint density at radius 3 is 2.33 bits per heavy atom. The molecule has 18 heavy (non-hydrogen) atoms. The van der Waals surface area contributed by atoms with Crippen LogP contribution in [0.25, 0.3) is 0 Å². The first-order chi connectivity index (χ1) is 8.70. The highest BCUT2D eigenvalue weighted by Gasteiger charge is 2.28. The van der Waals surface area contributed by atoms with E-state index in [-0.39, 0.29) is 0 Å². The van der Waals surface area contributed by atoms with Crippen LogP contribution < -0.4 is 5.32 Å². The van der Waals surface area contributed by atoms with Crippen LogP contribution in [0.4, 0.5) is 0 Å². The summed E-state index contributed by atoms with van der Waals surface area (Å²) < 4.78 is 0. The molecule has 2 rings (SSSR count). The first-order valence-corrected chi connectivity index (χ1v) is 7.87. The van der Waals surface area contributed by atoms with Gasteiger partial charge in [0, 0.05) is 19.1 Å². The van der Waals surface area contributed by atoms with Gasteiger partial charge in [-0.3, -0.25) is 4.90 Å². The van der Waals surface area contributed by atoms with Crippen molar-refractivity contribution in [2.24, 2.45) is 0 Å². The van der Waals surface area contributed by atoms with Gasteiger partial charge in [0.1, 0.15) is 0 Å². The van der Waals surface area contributed by atoms with Crippen LogP contribution in [0.5, 0.6) is 0 Å². The summed E-state index contributed by atoms with van der Waals surface area (Å²) in [6.07, 6.45) is 9.77. The van der Waals surface area contributed by atoms with E-state index in [0.717, 1.165) is 25.9 Å². The second-order valence-corrected chi connectivity index (χ2v) is 6.36. The number of piperidine rings is 1. The predicted molar refractivity (Wildman–Crippen MR) is 75.8 cm³/mol. The maximum absolute atomic E-state index is 10.4. The first-order valence-electron chi connectivity index (χ1n) is 7.87. The lowest BCUT2D eigenvalue weighted by Gasteiger charge is -2.35. The smallest absolute Gasteiger partial charge is 0.0771 e. The first kappa shape index (κ1) is 14.3. The summed E-state index contributed by atoms with van der Waals surface area (Å²) >= 11 is 0. The lowest BCUT2D eigenvalue weighted by Crippen LogP contribution is -2.48. The highest BCUT2D eigenvalue weighted by Crippen LogP contribution is 2.27. The molecule has 106 valence electrons. The Kier molecular flexibility index (Phi) is 5.46. The third-order valence-corrected chi connectivity index (χ3v) is 4.69. The molecule has 0 aromatic rings. The fourth-order valence-electron chi connectivity index (χ4n) is 3.39. The minimum Gasteiger partial charge on any atom is -0.389 e. The summed E-state index contributed by atoms with van der Waals surface area (Å²) in [6, 6.07) is 0.609. The second-order valence-electron chi connectivity index (χ2n) is 6.36. The number of hydrogen-bond donors (Lipinski definition) is 2. The minimum atomic E-state index is -0.417. The molecule has 1 unspecified atom stereocenters. The minimum absolute atomic E-state index is 0.417. The van der Waals surface area contributed by atoms with Crippen molar-refractivity contribution in [3.63, 3.8) is 0 Å². The maximum atomic E-state index is 10.4. The van der Waals surface area contributed by atoms with Gasteiger partial charge in [0.25, 0.3) is 0 Å². The summed E-state index contributed by atoms with van der Waals surface area (Å²) in [5, 5.41) is 13.9. The Bertz CT molecular complexity index is 233. The molecule has 1 saturated carbocycles. The van der Waals surface area contributed by atoms with Crippen LogP contribution in [0.2, 0.25) is 0 Å². The Labute approximate surface area is 112 Å². The molecule has 0 bridgehead atoms. The highest BCUT2D eigenvalue weighted by molar-refractivity contribution is 4.85. The van der Waals surface area contributed by atoms with Gasteiger partial charge >= 0.3 is 0 Å². The van der Waals surface area contributed by atoms with E-state index >= 15 is 0 Å². The van der Waals surface area contributed by atoms with E-state index in [0.29, 0.717) is 6.04 Å². The zero-order chi connectivity index (χ0) is 12.8. The topological polar surface area (TPSA) is 35.5 Å². The van der Waals surface area contributed by atoms with Gasteiger partial charge in [-0.1, -0.05) is 25.7 Å². The monoisotopic (exact) mass is 254 g/mol. The lowest BCUT2D eigenvalue weighted by atomic mass is 9.85. The van der Waals surface area contributed by atoms with Crippen LogP contribution >= 0.6 is 0 Å². The van der Waals surface area contributed by atoms with Gasteiger partial charge in [-0.15, -0.1) is 0 Å². The van der Waals surface area contributed by atoms with Gasteiger partial charge in [-0.25, -0.2) is 0 Å². The van der Waals surface area contributed by atoms with Crippen molar-refractivity contribution in [3.05, 3.63) is 0 Å². The van der Waals surface area contributed by atoms with Crippen LogP contribution in [0.1, 0.15) is 58.3 Å². The Morgan fingerprint density at radius 1 is 1.06 bits per heavy atom. The van der Waals surface area contributed by atoms with Gasteiger partial charge in [-0.05, 0) is 45.7 Å². The fourth-order valence-corrected chi connectivity index (χ4v) is 3.39. The van der Waals surface area contributed by atoms with Crippen LogP contribution in [0.15, 0.2) is 0 Å². The van der Waals surface area contributed by atoms with Crippen molar-refractivity contribution in [2.45, 2.75) is 69.9 Å². The van der Waals surface area contributed by atoms with Crippen LogP contribution in [-0.2, 0) is 0 Å². The highest BCUT2D eigenvalue weighted by atomic mass is 16.3. The molecule has 2 aliphatic rings. The van der Waals surface area contributed by atoms with Gasteiger partial charge in [0.2, 0.25) is 0 Å². The SMILES string of the molecule is CC(CNCC1(O)CCCCC1)N1CCCCC1. The van der Waals surface area contributed by atoms with E-state index in [2.05, 4.69) is 17.1 Å². The summed E-state index contributed by atoms with van der Waals surface area (Å²) in [4.78, 5) is 2.58. The molecular formula is C15H30N2O. The van der Waals surface area contributed by atoms with Crippen molar-refractivity contribution in [3.8, 4) is 0 Å². The summed E-state index contributed by atoms with van der Waals surface area (Å²) in [5.41, 5.74) is -0.417. The van der Waals surface area contributed by atoms with E-state index in [1.165, 1.54) is 51.6 Å². The van der Waals surface area contributed by atoms with Gasteiger partial charge in [0.15, 0.2) is 0 Å². The van der Waals surface area contributed by atoms with E-state index in [1.54, 1.807) is 0 Å². The molecule has 0 aromatic heterocycles. The zero-order valence-corrected chi connectivity index (χ0v) is 12.0. The standard InChI is InChI=1S/C15H30N2O/c1-14(17-10-6-3-7-11-17)12-16-13-15(18)8-4-2-5-9-15/h14,16,18H,2-13H2,1H3. The molecule has 1 atom stereocenters. The van der Waals surface area contributed by atoms with Gasteiger partial charge in [-0.2, -0.15) is 0 Å². The zero-order valence-electron chi connectivity index (χ0n) is 12.0. The number of aliphatic hydroxyl groups is 1. The quantitative estimate of drug-likeness (QED) is 0.789. The van der Waals surface area contributed by atoms with Crippen LogP contribution in [0, 0.1) is 0 Å². The fraction of sp³-hybridized carbons (Fsp3) is 1.00. The van der Waals surface area contributed by atoms with Crippen molar-refractivity contribution < 1.29 is 5.11 Å². The molecular weight excluding hydrogens is 224 g/mol. The number of likely N-dealkylation sites (tertiary alicyclic amines) is 1. The van der Waals surface area contributed by atoms with Crippen molar-refractivity contribution in [1.29, 1.82) is 0 Å². The summed E-state index contributed by atoms with van der Waals surface area (Å²) in [5.74, 6) is 0. The summed E-state index contributed by atoms with van der Waals surface area (Å²) in [6.45, 7) is 6.62. The third kappa shape index (κ3) is 4.22. The van der Waals surface area contributed by atoms with Crippen molar-refractivity contribution in [2.75, 3.05) is 26.2 Å². The molecule has 1 aliphatic heterocycles. The van der Waals surface area contributed by atoms with Crippen molar-refractivity contribution >= 4 is 0 Å². The van der Waals surface area contributed by atoms with E-state index in [4.69, 9.17) is 0 Å². The Hall–Kier alpha value is -0.120. The largest absolute Gasteiger partial charge is 0.389 e. The third-order valence-electron chi connectivity index (χ3n) is 4.69. The molecule has 2 N–H and O–H groups in total. The molecule has 2 fully saturated rings. The molecule has 0 radical (unpaired) electrons. The molecule has 3 nitrogen and oxygen atoms in total. The predicted octanol–water partition coefficient (Wildman–Crippen LogP) is 2.15. The average Bonchev–Trinajstić information content (AvgIpc) is 2.40. The normalized spacial score (nSPS) is 27.0. The molecule has 0 amide bonds. The van der Waals surface area contributed by atoms with Crippen LogP contribution in [-0.4, -0.2) is 47.8 Å². The molecule has 3 heteroatoms. The summed E-state index contributed by atoms with van der Waals surface area (Å²) in [7, 11) is 0. The number of hydrogen-bond acceptors (Lipinski definition) is 3. The molecule has 0 aromatic carbocycles. The van der Waals surface area contributed by atoms with E-state index in [9.17, 15) is 5.11 Å². The van der Waals surface area contributed by atoms with Gasteiger partial charge < -0.3 is 10.4 Å². The Balaban J connectivity index is 1.64.